The van der Waals surface area contributed by atoms with Crippen LogP contribution in [-0.4, -0.2) is 58.8 Å². The molecular weight excluding hydrogens is 643 g/mol. The second-order valence-corrected chi connectivity index (χ2v) is 14.2. The zero-order valence-corrected chi connectivity index (χ0v) is 30.3. The largest absolute Gasteiger partial charge is 0.455 e. The minimum Gasteiger partial charge on any atom is -0.455 e. The molecule has 10 heteroatoms. The van der Waals surface area contributed by atoms with Crippen molar-refractivity contribution in [3.05, 3.63) is 127 Å². The summed E-state index contributed by atoms with van der Waals surface area (Å²) in [6.07, 6.45) is 0. The SMILES string of the molecule is Bc1c(B)c(B)c(-c2nc(-c3cccc4c3oc3ccc(-c5ccc6ccccc6c5)cc34)nc(-n3c4ccccc4c4ccccc43)n2)c(B)c1B. The van der Waals surface area contributed by atoms with Crippen LogP contribution in [0.15, 0.2) is 132 Å². The molecule has 0 fully saturated rings. The summed E-state index contributed by atoms with van der Waals surface area (Å²) in [6, 6.07) is 44.8. The van der Waals surface area contributed by atoms with Crippen molar-refractivity contribution in [2.45, 2.75) is 0 Å². The maximum absolute atomic E-state index is 6.71. The van der Waals surface area contributed by atoms with Gasteiger partial charge in [-0.3, -0.25) is 4.57 Å². The lowest BCUT2D eigenvalue weighted by Crippen LogP contribution is -2.55. The molecule has 3 heterocycles. The maximum Gasteiger partial charge on any atom is 0.238 e. The molecular formula is C43H31B5N4O. The van der Waals surface area contributed by atoms with Crippen molar-refractivity contribution in [3.63, 3.8) is 0 Å². The first-order valence-electron chi connectivity index (χ1n) is 18.1. The van der Waals surface area contributed by atoms with Crippen LogP contribution in [0.5, 0.6) is 0 Å². The van der Waals surface area contributed by atoms with Gasteiger partial charge in [0.15, 0.2) is 11.6 Å². The van der Waals surface area contributed by atoms with Gasteiger partial charge < -0.3 is 4.42 Å². The van der Waals surface area contributed by atoms with Gasteiger partial charge in [-0.25, -0.2) is 4.98 Å². The monoisotopic (exact) mass is 674 g/mol. The van der Waals surface area contributed by atoms with Gasteiger partial charge in [0, 0.05) is 27.1 Å². The molecule has 3 aromatic heterocycles. The summed E-state index contributed by atoms with van der Waals surface area (Å²) in [5.41, 5.74) is 14.0. The van der Waals surface area contributed by atoms with Gasteiger partial charge in [0.05, 0.1) is 16.6 Å². The summed E-state index contributed by atoms with van der Waals surface area (Å²) < 4.78 is 8.88. The number of benzene rings is 7. The Balaban J connectivity index is 1.23. The molecule has 0 radical (unpaired) electrons. The van der Waals surface area contributed by atoms with E-state index in [9.17, 15) is 0 Å². The lowest BCUT2D eigenvalue weighted by Gasteiger charge is -2.20. The molecule has 0 spiro atoms. The number of para-hydroxylation sites is 3. The molecule has 0 N–H and O–H groups in total. The molecule has 0 amide bonds. The Morgan fingerprint density at radius 2 is 1.04 bits per heavy atom. The third-order valence-corrected chi connectivity index (χ3v) is 11.4. The van der Waals surface area contributed by atoms with E-state index in [4.69, 9.17) is 19.4 Å². The minimum absolute atomic E-state index is 0.570. The number of aromatic nitrogens is 4. The number of rotatable bonds is 4. The summed E-state index contributed by atoms with van der Waals surface area (Å²) in [6.45, 7) is 0. The van der Waals surface area contributed by atoms with Crippen LogP contribution in [0.25, 0.3) is 94.4 Å². The predicted octanol–water partition coefficient (Wildman–Crippen LogP) is 2.31. The van der Waals surface area contributed by atoms with Crippen LogP contribution in [0, 0.1) is 0 Å². The van der Waals surface area contributed by atoms with Gasteiger partial charge in [0.1, 0.15) is 50.4 Å². The van der Waals surface area contributed by atoms with E-state index in [1.165, 1.54) is 43.6 Å². The molecule has 53 heavy (non-hydrogen) atoms. The van der Waals surface area contributed by atoms with E-state index in [2.05, 4.69) is 171 Å². The predicted molar refractivity (Wildman–Crippen MR) is 236 cm³/mol. The smallest absolute Gasteiger partial charge is 0.238 e. The van der Waals surface area contributed by atoms with E-state index in [1.54, 1.807) is 0 Å². The molecule has 0 aliphatic heterocycles. The first kappa shape index (κ1) is 31.5. The van der Waals surface area contributed by atoms with Crippen LogP contribution in [-0.2, 0) is 0 Å². The maximum atomic E-state index is 6.71. The topological polar surface area (TPSA) is 56.7 Å². The number of hydrogen-bond acceptors (Lipinski definition) is 4. The Morgan fingerprint density at radius 3 is 1.77 bits per heavy atom. The van der Waals surface area contributed by atoms with Crippen molar-refractivity contribution >= 4 is 121 Å². The van der Waals surface area contributed by atoms with E-state index in [1.807, 2.05) is 0 Å². The summed E-state index contributed by atoms with van der Waals surface area (Å²) in [5, 5.41) is 6.84. The molecule has 0 atom stereocenters. The second kappa shape index (κ2) is 11.9. The third kappa shape index (κ3) is 4.82. The van der Waals surface area contributed by atoms with E-state index < -0.39 is 0 Å². The van der Waals surface area contributed by atoms with Crippen molar-refractivity contribution < 1.29 is 4.42 Å². The van der Waals surface area contributed by atoms with Crippen LogP contribution in [0.1, 0.15) is 0 Å². The molecule has 10 rings (SSSR count). The van der Waals surface area contributed by atoms with Crippen LogP contribution in [0.3, 0.4) is 0 Å². The highest BCUT2D eigenvalue weighted by atomic mass is 16.3. The fraction of sp³-hybridized carbons (Fsp3) is 0. The van der Waals surface area contributed by atoms with Gasteiger partial charge in [0.2, 0.25) is 5.95 Å². The van der Waals surface area contributed by atoms with E-state index >= 15 is 0 Å². The number of hydrogen-bond donors (Lipinski definition) is 0. The van der Waals surface area contributed by atoms with Crippen molar-refractivity contribution in [3.8, 4) is 39.9 Å². The number of furan rings is 1. The van der Waals surface area contributed by atoms with Gasteiger partial charge in [-0.15, -0.1) is 16.4 Å². The molecule has 7 aromatic carbocycles. The summed E-state index contributed by atoms with van der Waals surface area (Å²) >= 11 is 0. The van der Waals surface area contributed by atoms with E-state index in [0.29, 0.717) is 17.6 Å². The Hall–Kier alpha value is -6.27. The molecule has 0 saturated carbocycles. The lowest BCUT2D eigenvalue weighted by molar-refractivity contribution is 0.669. The Kier molecular flexibility index (Phi) is 7.06. The van der Waals surface area contributed by atoms with Crippen molar-refractivity contribution in [1.82, 2.24) is 19.5 Å². The second-order valence-electron chi connectivity index (χ2n) is 14.2. The first-order chi connectivity index (χ1) is 25.9. The van der Waals surface area contributed by atoms with Gasteiger partial charge in [-0.2, -0.15) is 9.97 Å². The molecule has 0 aliphatic carbocycles. The van der Waals surface area contributed by atoms with Crippen LogP contribution in [0.4, 0.5) is 0 Å². The minimum atomic E-state index is 0.570. The average molecular weight is 674 g/mol. The Morgan fingerprint density at radius 1 is 0.453 bits per heavy atom. The lowest BCUT2D eigenvalue weighted by atomic mass is 9.60. The van der Waals surface area contributed by atoms with Crippen molar-refractivity contribution in [2.24, 2.45) is 0 Å². The zero-order chi connectivity index (χ0) is 36.0. The summed E-state index contributed by atoms with van der Waals surface area (Å²) in [7, 11) is 10.9. The van der Waals surface area contributed by atoms with Gasteiger partial charge in [0.25, 0.3) is 0 Å². The quantitative estimate of drug-likeness (QED) is 0.270. The molecule has 244 valence electrons. The van der Waals surface area contributed by atoms with Crippen LogP contribution >= 0.6 is 0 Å². The van der Waals surface area contributed by atoms with Crippen molar-refractivity contribution in [2.75, 3.05) is 0 Å². The Labute approximate surface area is 311 Å². The number of fused-ring (bicyclic) bond motifs is 7. The normalized spacial score (nSPS) is 11.8. The fourth-order valence-corrected chi connectivity index (χ4v) is 8.19. The molecule has 10 aromatic rings. The molecule has 5 nitrogen and oxygen atoms in total. The van der Waals surface area contributed by atoms with Crippen molar-refractivity contribution in [1.29, 1.82) is 0 Å². The highest BCUT2D eigenvalue weighted by Crippen LogP contribution is 2.38. The van der Waals surface area contributed by atoms with Gasteiger partial charge in [-0.1, -0.05) is 102 Å². The standard InChI is InChI=1S/C43H31B5N4O/c44-35-34(36(45)38(47)39(48)37(35)46)42-49-41(50-43(51-42)52-31-14-5-3-10-26(31)27-11-4-6-15-32(27)52)29-13-7-12-28-30-21-25(18-19-33(30)53-40(28)29)24-17-16-22-8-1-2-9-23(22)20-24/h1-21H,44-48H2. The summed E-state index contributed by atoms with van der Waals surface area (Å²) in [5.74, 6) is 1.80. The van der Waals surface area contributed by atoms with Gasteiger partial charge >= 0.3 is 0 Å². The average Bonchev–Trinajstić information content (AvgIpc) is 3.75. The first-order valence-corrected chi connectivity index (χ1v) is 18.1. The highest BCUT2D eigenvalue weighted by Gasteiger charge is 2.23. The molecule has 0 saturated heterocycles. The number of nitrogens with zero attached hydrogens (tertiary/aromatic N) is 4. The molecule has 0 bridgehead atoms. The molecule has 0 aliphatic rings. The Bertz CT molecular complexity index is 3070. The third-order valence-electron chi connectivity index (χ3n) is 11.4. The van der Waals surface area contributed by atoms with Crippen LogP contribution in [0.2, 0.25) is 0 Å². The van der Waals surface area contributed by atoms with E-state index in [0.717, 1.165) is 60.4 Å². The molecule has 0 unspecified atom stereocenters. The highest BCUT2D eigenvalue weighted by molar-refractivity contribution is 6.68. The summed E-state index contributed by atoms with van der Waals surface area (Å²) in [4.78, 5) is 15.9. The van der Waals surface area contributed by atoms with Gasteiger partial charge in [-0.05, 0) is 58.3 Å². The fourth-order valence-electron chi connectivity index (χ4n) is 8.19. The van der Waals surface area contributed by atoms with Crippen LogP contribution < -0.4 is 27.3 Å². The zero-order valence-electron chi connectivity index (χ0n) is 30.3. The van der Waals surface area contributed by atoms with E-state index in [-0.39, 0.29) is 0 Å².